The number of rotatable bonds is 8. The minimum absolute atomic E-state index is 0.0774. The highest BCUT2D eigenvalue weighted by molar-refractivity contribution is 7.99. The van der Waals surface area contributed by atoms with E-state index in [9.17, 15) is 13.2 Å². The van der Waals surface area contributed by atoms with E-state index in [-0.39, 0.29) is 15.5 Å². The first-order chi connectivity index (χ1) is 14.8. The highest BCUT2D eigenvalue weighted by Gasteiger charge is 2.25. The molecule has 0 spiro atoms. The molecule has 11 heteroatoms. The van der Waals surface area contributed by atoms with Crippen molar-refractivity contribution >= 4 is 45.0 Å². The summed E-state index contributed by atoms with van der Waals surface area (Å²) >= 11 is 7.59. The van der Waals surface area contributed by atoms with E-state index in [1.807, 2.05) is 23.7 Å². The maximum Gasteiger partial charge on any atom is 0.255 e. The Morgan fingerprint density at radius 2 is 1.84 bits per heavy atom. The number of aryl methyl sites for hydroxylation is 1. The molecule has 0 aliphatic carbocycles. The summed E-state index contributed by atoms with van der Waals surface area (Å²) < 4.78 is 28.8. The van der Waals surface area contributed by atoms with Gasteiger partial charge in [-0.3, -0.25) is 4.79 Å². The fraction of sp³-hybridized carbons (Fsp3) is 0.250. The summed E-state index contributed by atoms with van der Waals surface area (Å²) in [4.78, 5) is 13.6. The molecule has 1 amide bonds. The number of nitrogens with zero attached hydrogens (tertiary/aromatic N) is 4. The van der Waals surface area contributed by atoms with Gasteiger partial charge in [-0.25, -0.2) is 8.42 Å². The predicted molar refractivity (Wildman–Crippen MR) is 121 cm³/mol. The first-order valence-corrected chi connectivity index (χ1v) is 12.1. The highest BCUT2D eigenvalue weighted by atomic mass is 35.5. The Hall–Kier alpha value is -2.40. The number of carbonyl (C=O) groups is 1. The van der Waals surface area contributed by atoms with Gasteiger partial charge in [0.25, 0.3) is 5.91 Å². The zero-order chi connectivity index (χ0) is 22.6. The quantitative estimate of drug-likeness (QED) is 0.526. The molecule has 0 saturated heterocycles. The van der Waals surface area contributed by atoms with Crippen molar-refractivity contribution in [3.63, 3.8) is 0 Å². The largest absolute Gasteiger partial charge is 0.322 e. The lowest BCUT2D eigenvalue weighted by molar-refractivity contribution is 0.102. The Kier molecular flexibility index (Phi) is 7.37. The third kappa shape index (κ3) is 5.27. The van der Waals surface area contributed by atoms with E-state index in [4.69, 9.17) is 11.6 Å². The molecule has 2 aromatic carbocycles. The SMILES string of the molecule is CCN(CC)S(=O)(=O)c1cc(C(=O)Nc2ccc(Sc3nncn3C)cc2)ccc1Cl. The van der Waals surface area contributed by atoms with Crippen LogP contribution in [-0.4, -0.2) is 46.5 Å². The Balaban J connectivity index is 1.77. The standard InChI is InChI=1S/C20H22ClN5O3S2/c1-4-26(5-2)31(28,29)18-12-14(6-11-17(18)21)19(27)23-15-7-9-16(10-8-15)30-20-24-22-13-25(20)3/h6-13H,4-5H2,1-3H3,(H,23,27). The van der Waals surface area contributed by atoms with Crippen LogP contribution in [0.2, 0.25) is 5.02 Å². The molecule has 0 saturated carbocycles. The van der Waals surface area contributed by atoms with E-state index in [2.05, 4.69) is 15.5 Å². The monoisotopic (exact) mass is 479 g/mol. The summed E-state index contributed by atoms with van der Waals surface area (Å²) in [5.74, 6) is -0.429. The van der Waals surface area contributed by atoms with Gasteiger partial charge in [0.2, 0.25) is 10.0 Å². The van der Waals surface area contributed by atoms with Gasteiger partial charge in [0.1, 0.15) is 11.2 Å². The van der Waals surface area contributed by atoms with Crippen LogP contribution in [0.5, 0.6) is 0 Å². The van der Waals surface area contributed by atoms with E-state index in [1.165, 1.54) is 34.3 Å². The number of sulfonamides is 1. The number of amides is 1. The van der Waals surface area contributed by atoms with Crippen LogP contribution in [0.1, 0.15) is 24.2 Å². The first kappa shape index (κ1) is 23.3. The van der Waals surface area contributed by atoms with Crippen molar-refractivity contribution in [2.75, 3.05) is 18.4 Å². The van der Waals surface area contributed by atoms with Gasteiger partial charge in [-0.2, -0.15) is 4.31 Å². The smallest absolute Gasteiger partial charge is 0.255 e. The average Bonchev–Trinajstić information content (AvgIpc) is 3.14. The molecule has 164 valence electrons. The number of hydrogen-bond donors (Lipinski definition) is 1. The second-order valence-corrected chi connectivity index (χ2v) is 9.89. The second kappa shape index (κ2) is 9.82. The molecule has 3 aromatic rings. The second-order valence-electron chi connectivity index (χ2n) is 6.54. The van der Waals surface area contributed by atoms with Crippen molar-refractivity contribution in [2.45, 2.75) is 28.8 Å². The number of nitrogens with one attached hydrogen (secondary N) is 1. The van der Waals surface area contributed by atoms with Crippen molar-refractivity contribution in [1.82, 2.24) is 19.1 Å². The molecule has 0 bridgehead atoms. The molecule has 1 N–H and O–H groups in total. The molecule has 0 atom stereocenters. The van der Waals surface area contributed by atoms with Crippen molar-refractivity contribution in [1.29, 1.82) is 0 Å². The zero-order valence-corrected chi connectivity index (χ0v) is 19.6. The lowest BCUT2D eigenvalue weighted by Gasteiger charge is -2.19. The number of carbonyl (C=O) groups excluding carboxylic acids is 1. The molecule has 0 aliphatic rings. The van der Waals surface area contributed by atoms with Crippen molar-refractivity contribution in [2.24, 2.45) is 7.05 Å². The van der Waals surface area contributed by atoms with Gasteiger partial charge in [0.05, 0.1) is 5.02 Å². The number of anilines is 1. The number of aromatic nitrogens is 3. The van der Waals surface area contributed by atoms with Crippen LogP contribution in [0.25, 0.3) is 0 Å². The van der Waals surface area contributed by atoms with Gasteiger partial charge >= 0.3 is 0 Å². The number of hydrogen-bond acceptors (Lipinski definition) is 6. The van der Waals surface area contributed by atoms with Gasteiger partial charge in [0, 0.05) is 36.3 Å². The number of benzene rings is 2. The van der Waals surface area contributed by atoms with Crippen LogP contribution in [-0.2, 0) is 17.1 Å². The van der Waals surface area contributed by atoms with E-state index in [1.54, 1.807) is 32.3 Å². The van der Waals surface area contributed by atoms with Gasteiger partial charge < -0.3 is 9.88 Å². The molecule has 1 aromatic heterocycles. The van der Waals surface area contributed by atoms with Gasteiger partial charge in [-0.1, -0.05) is 25.4 Å². The lowest BCUT2D eigenvalue weighted by Crippen LogP contribution is -2.31. The molecular formula is C20H22ClN5O3S2. The summed E-state index contributed by atoms with van der Waals surface area (Å²) in [5.41, 5.74) is 0.781. The Labute approximate surface area is 190 Å². The van der Waals surface area contributed by atoms with E-state index >= 15 is 0 Å². The molecule has 1 heterocycles. The van der Waals surface area contributed by atoms with Crippen LogP contribution in [0, 0.1) is 0 Å². The molecule has 0 fully saturated rings. The summed E-state index contributed by atoms with van der Waals surface area (Å²) in [6.45, 7) is 4.12. The van der Waals surface area contributed by atoms with Gasteiger partial charge in [-0.15, -0.1) is 10.2 Å². The van der Waals surface area contributed by atoms with E-state index in [0.29, 0.717) is 18.8 Å². The number of halogens is 1. The third-order valence-electron chi connectivity index (χ3n) is 4.51. The minimum atomic E-state index is -3.79. The average molecular weight is 480 g/mol. The van der Waals surface area contributed by atoms with Crippen LogP contribution in [0.4, 0.5) is 5.69 Å². The molecular weight excluding hydrogens is 458 g/mol. The highest BCUT2D eigenvalue weighted by Crippen LogP contribution is 2.28. The predicted octanol–water partition coefficient (Wildman–Crippen LogP) is 3.90. The fourth-order valence-corrected chi connectivity index (χ4v) is 5.55. The van der Waals surface area contributed by atoms with E-state index < -0.39 is 15.9 Å². The third-order valence-corrected chi connectivity index (χ3v) is 8.10. The van der Waals surface area contributed by atoms with Crippen LogP contribution in [0.3, 0.4) is 0 Å². The van der Waals surface area contributed by atoms with E-state index in [0.717, 1.165) is 10.1 Å². The topological polar surface area (TPSA) is 97.2 Å². The summed E-state index contributed by atoms with van der Waals surface area (Å²) in [6, 6.07) is 11.5. The zero-order valence-electron chi connectivity index (χ0n) is 17.2. The fourth-order valence-electron chi connectivity index (χ4n) is 2.82. The van der Waals surface area contributed by atoms with Crippen LogP contribution >= 0.6 is 23.4 Å². The summed E-state index contributed by atoms with van der Waals surface area (Å²) in [6.07, 6.45) is 1.62. The summed E-state index contributed by atoms with van der Waals surface area (Å²) in [5, 5.41) is 11.5. The lowest BCUT2D eigenvalue weighted by atomic mass is 10.2. The Morgan fingerprint density at radius 3 is 2.42 bits per heavy atom. The van der Waals surface area contributed by atoms with Crippen molar-refractivity contribution in [3.8, 4) is 0 Å². The molecule has 31 heavy (non-hydrogen) atoms. The van der Waals surface area contributed by atoms with Crippen LogP contribution < -0.4 is 5.32 Å². The Morgan fingerprint density at radius 1 is 1.16 bits per heavy atom. The van der Waals surface area contributed by atoms with Gasteiger partial charge in [0.15, 0.2) is 5.16 Å². The minimum Gasteiger partial charge on any atom is -0.322 e. The molecule has 8 nitrogen and oxygen atoms in total. The molecule has 3 rings (SSSR count). The maximum absolute atomic E-state index is 12.8. The van der Waals surface area contributed by atoms with Gasteiger partial charge in [-0.05, 0) is 54.2 Å². The summed E-state index contributed by atoms with van der Waals surface area (Å²) in [7, 11) is -1.93. The maximum atomic E-state index is 12.8. The van der Waals surface area contributed by atoms with Crippen LogP contribution in [0.15, 0.2) is 63.7 Å². The molecule has 0 unspecified atom stereocenters. The Bertz CT molecular complexity index is 1180. The molecule has 0 radical (unpaired) electrons. The van der Waals surface area contributed by atoms with Crippen molar-refractivity contribution < 1.29 is 13.2 Å². The first-order valence-electron chi connectivity index (χ1n) is 9.49. The normalized spacial score (nSPS) is 11.6. The van der Waals surface area contributed by atoms with Crippen molar-refractivity contribution in [3.05, 3.63) is 59.4 Å². The molecule has 0 aliphatic heterocycles.